The molecule has 90 valence electrons. The van der Waals surface area contributed by atoms with Gasteiger partial charge in [-0.2, -0.15) is 0 Å². The number of nitrogens with zero attached hydrogens (tertiary/aromatic N) is 3. The molecule has 0 bridgehead atoms. The smallest absolute Gasteiger partial charge is 0.147 e. The maximum atomic E-state index is 4.57. The summed E-state index contributed by atoms with van der Waals surface area (Å²) >= 11 is 0. The van der Waals surface area contributed by atoms with Crippen molar-refractivity contribution in [1.29, 1.82) is 0 Å². The summed E-state index contributed by atoms with van der Waals surface area (Å²) in [6.45, 7) is 9.29. The van der Waals surface area contributed by atoms with Gasteiger partial charge >= 0.3 is 0 Å². The summed E-state index contributed by atoms with van der Waals surface area (Å²) in [7, 11) is 2.04. The van der Waals surface area contributed by atoms with Gasteiger partial charge in [0.2, 0.25) is 0 Å². The monoisotopic (exact) mass is 222 g/mol. The van der Waals surface area contributed by atoms with E-state index in [4.69, 9.17) is 0 Å². The third kappa shape index (κ3) is 3.77. The molecule has 0 aliphatic rings. The molecule has 0 spiro atoms. The number of hydrogen-bond acceptors (Lipinski definition) is 4. The summed E-state index contributed by atoms with van der Waals surface area (Å²) in [5.74, 6) is 0.929. The normalized spacial score (nSPS) is 11.2. The van der Waals surface area contributed by atoms with Crippen LogP contribution in [0, 0.1) is 0 Å². The van der Waals surface area contributed by atoms with E-state index in [1.54, 1.807) is 6.20 Å². The van der Waals surface area contributed by atoms with Crippen LogP contribution in [0.3, 0.4) is 0 Å². The summed E-state index contributed by atoms with van der Waals surface area (Å²) in [5.41, 5.74) is 0.985. The van der Waals surface area contributed by atoms with Crippen LogP contribution >= 0.6 is 0 Å². The predicted octanol–water partition coefficient (Wildman–Crippen LogP) is 1.82. The van der Waals surface area contributed by atoms with Crippen molar-refractivity contribution in [2.24, 2.45) is 0 Å². The Kier molecular flexibility index (Phi) is 4.68. The van der Waals surface area contributed by atoms with Crippen LogP contribution in [-0.4, -0.2) is 29.1 Å². The predicted molar refractivity (Wildman–Crippen MR) is 67.5 cm³/mol. The third-order valence-corrected chi connectivity index (χ3v) is 2.50. The zero-order chi connectivity index (χ0) is 12.1. The maximum Gasteiger partial charge on any atom is 0.147 e. The van der Waals surface area contributed by atoms with Gasteiger partial charge in [0.05, 0.1) is 11.9 Å². The van der Waals surface area contributed by atoms with Gasteiger partial charge in [0.25, 0.3) is 0 Å². The van der Waals surface area contributed by atoms with Crippen molar-refractivity contribution in [3.8, 4) is 0 Å². The zero-order valence-corrected chi connectivity index (χ0v) is 10.9. The topological polar surface area (TPSA) is 41.1 Å². The van der Waals surface area contributed by atoms with Gasteiger partial charge in [0.15, 0.2) is 0 Å². The van der Waals surface area contributed by atoms with Crippen LogP contribution < -0.4 is 10.2 Å². The summed E-state index contributed by atoms with van der Waals surface area (Å²) in [6, 6.07) is 0.899. The number of hydrogen-bond donors (Lipinski definition) is 1. The van der Waals surface area contributed by atoms with Crippen LogP contribution in [0.25, 0.3) is 0 Å². The van der Waals surface area contributed by atoms with Crippen LogP contribution in [0.15, 0.2) is 12.4 Å². The van der Waals surface area contributed by atoms with Crippen molar-refractivity contribution in [1.82, 2.24) is 15.3 Å². The Hall–Kier alpha value is -1.16. The lowest BCUT2D eigenvalue weighted by atomic mass is 10.3. The summed E-state index contributed by atoms with van der Waals surface area (Å²) in [4.78, 5) is 10.9. The van der Waals surface area contributed by atoms with Gasteiger partial charge in [0, 0.05) is 31.9 Å². The Bertz CT molecular complexity index is 323. The van der Waals surface area contributed by atoms with Crippen LogP contribution in [0.5, 0.6) is 0 Å². The molecule has 1 aromatic heterocycles. The van der Waals surface area contributed by atoms with E-state index in [0.717, 1.165) is 18.1 Å². The molecule has 0 aromatic carbocycles. The Morgan fingerprint density at radius 2 is 1.94 bits per heavy atom. The Morgan fingerprint density at radius 3 is 2.50 bits per heavy atom. The van der Waals surface area contributed by atoms with Gasteiger partial charge in [-0.05, 0) is 13.8 Å². The van der Waals surface area contributed by atoms with E-state index in [0.29, 0.717) is 12.1 Å². The molecular weight excluding hydrogens is 200 g/mol. The molecule has 1 N–H and O–H groups in total. The lowest BCUT2D eigenvalue weighted by Gasteiger charge is -2.22. The first-order valence-electron chi connectivity index (χ1n) is 5.78. The largest absolute Gasteiger partial charge is 0.356 e. The third-order valence-electron chi connectivity index (χ3n) is 2.50. The second-order valence-electron chi connectivity index (χ2n) is 4.61. The summed E-state index contributed by atoms with van der Waals surface area (Å²) < 4.78 is 0. The average Bonchev–Trinajstić information content (AvgIpc) is 2.25. The van der Waals surface area contributed by atoms with Crippen LogP contribution in [0.1, 0.15) is 33.4 Å². The van der Waals surface area contributed by atoms with Gasteiger partial charge in [-0.1, -0.05) is 13.8 Å². The number of nitrogens with one attached hydrogen (secondary N) is 1. The van der Waals surface area contributed by atoms with E-state index in [1.807, 2.05) is 13.2 Å². The van der Waals surface area contributed by atoms with Gasteiger partial charge in [-0.25, -0.2) is 4.98 Å². The molecule has 16 heavy (non-hydrogen) atoms. The van der Waals surface area contributed by atoms with E-state index < -0.39 is 0 Å². The molecule has 1 aromatic rings. The SMILES string of the molecule is CC(C)NCc1cncc(N(C)C(C)C)n1. The molecule has 0 radical (unpaired) electrons. The van der Waals surface area contributed by atoms with Gasteiger partial charge in [0.1, 0.15) is 5.82 Å². The van der Waals surface area contributed by atoms with E-state index in [2.05, 4.69) is 47.9 Å². The zero-order valence-electron chi connectivity index (χ0n) is 10.9. The van der Waals surface area contributed by atoms with Crippen LogP contribution in [0.4, 0.5) is 5.82 Å². The van der Waals surface area contributed by atoms with Crippen molar-refractivity contribution in [2.45, 2.75) is 46.3 Å². The second kappa shape index (κ2) is 5.80. The average molecular weight is 222 g/mol. The van der Waals surface area contributed by atoms with Crippen LogP contribution in [-0.2, 0) is 6.54 Å². The standard InChI is InChI=1S/C12H22N4/c1-9(2)14-7-11-6-13-8-12(15-11)16(5)10(3)4/h6,8-10,14H,7H2,1-5H3. The fraction of sp³-hybridized carbons (Fsp3) is 0.667. The first kappa shape index (κ1) is 12.9. The minimum atomic E-state index is 0.433. The highest BCUT2D eigenvalue weighted by Gasteiger charge is 2.07. The van der Waals surface area contributed by atoms with Crippen molar-refractivity contribution in [2.75, 3.05) is 11.9 Å². The Labute approximate surface area is 98.1 Å². The molecule has 0 saturated heterocycles. The minimum Gasteiger partial charge on any atom is -0.356 e. The molecule has 0 atom stereocenters. The quantitative estimate of drug-likeness (QED) is 0.825. The van der Waals surface area contributed by atoms with Crippen molar-refractivity contribution in [3.63, 3.8) is 0 Å². The highest BCUT2D eigenvalue weighted by molar-refractivity contribution is 5.36. The first-order valence-corrected chi connectivity index (χ1v) is 5.78. The van der Waals surface area contributed by atoms with E-state index in [9.17, 15) is 0 Å². The van der Waals surface area contributed by atoms with Gasteiger partial charge in [-0.3, -0.25) is 4.98 Å². The molecule has 1 rings (SSSR count). The highest BCUT2D eigenvalue weighted by Crippen LogP contribution is 2.10. The number of anilines is 1. The maximum absolute atomic E-state index is 4.57. The minimum absolute atomic E-state index is 0.433. The van der Waals surface area contributed by atoms with Gasteiger partial charge in [-0.15, -0.1) is 0 Å². The first-order chi connectivity index (χ1) is 7.50. The van der Waals surface area contributed by atoms with E-state index in [1.165, 1.54) is 0 Å². The summed E-state index contributed by atoms with van der Waals surface area (Å²) in [6.07, 6.45) is 3.62. The molecule has 0 unspecified atom stereocenters. The lowest BCUT2D eigenvalue weighted by Crippen LogP contribution is -2.28. The number of aromatic nitrogens is 2. The van der Waals surface area contributed by atoms with E-state index in [-0.39, 0.29) is 0 Å². The molecule has 1 heterocycles. The van der Waals surface area contributed by atoms with Crippen LogP contribution in [0.2, 0.25) is 0 Å². The number of rotatable bonds is 5. The molecule has 0 aliphatic heterocycles. The lowest BCUT2D eigenvalue weighted by molar-refractivity contribution is 0.579. The molecule has 0 fully saturated rings. The molecule has 0 aliphatic carbocycles. The molecule has 0 saturated carbocycles. The molecule has 0 amide bonds. The Morgan fingerprint density at radius 1 is 1.25 bits per heavy atom. The highest BCUT2D eigenvalue weighted by atomic mass is 15.2. The fourth-order valence-electron chi connectivity index (χ4n) is 1.22. The van der Waals surface area contributed by atoms with Crippen molar-refractivity contribution < 1.29 is 0 Å². The molecule has 4 nitrogen and oxygen atoms in total. The van der Waals surface area contributed by atoms with Crippen molar-refractivity contribution >= 4 is 5.82 Å². The fourth-order valence-corrected chi connectivity index (χ4v) is 1.22. The van der Waals surface area contributed by atoms with Gasteiger partial charge < -0.3 is 10.2 Å². The molecule has 4 heteroatoms. The molecular formula is C12H22N4. The summed E-state index contributed by atoms with van der Waals surface area (Å²) in [5, 5.41) is 3.34. The van der Waals surface area contributed by atoms with Crippen molar-refractivity contribution in [3.05, 3.63) is 18.1 Å². The van der Waals surface area contributed by atoms with E-state index >= 15 is 0 Å². The second-order valence-corrected chi connectivity index (χ2v) is 4.61. The Balaban J connectivity index is 2.71.